The van der Waals surface area contributed by atoms with Crippen molar-refractivity contribution in [2.45, 2.75) is 13.0 Å². The van der Waals surface area contributed by atoms with Crippen LogP contribution in [-0.4, -0.2) is 66.9 Å². The van der Waals surface area contributed by atoms with Crippen LogP contribution in [0.3, 0.4) is 0 Å². The van der Waals surface area contributed by atoms with Crippen LogP contribution in [0.15, 0.2) is 29.8 Å². The number of nitrogens with zero attached hydrogens (tertiary/aromatic N) is 3. The van der Waals surface area contributed by atoms with Gasteiger partial charge in [0.15, 0.2) is 0 Å². The van der Waals surface area contributed by atoms with E-state index in [1.54, 1.807) is 47.3 Å². The lowest BCUT2D eigenvalue weighted by molar-refractivity contribution is -0.123. The minimum Gasteiger partial charge on any atom is -0.385 e. The number of hydrogen-bond donors (Lipinski definition) is 2. The van der Waals surface area contributed by atoms with Gasteiger partial charge in [0.05, 0.1) is 25.8 Å². The van der Waals surface area contributed by atoms with Crippen LogP contribution in [0.1, 0.15) is 11.3 Å². The fraction of sp³-hybridized carbons (Fsp3) is 0.471. The summed E-state index contributed by atoms with van der Waals surface area (Å²) in [4.78, 5) is 26.9. The predicted molar refractivity (Wildman–Crippen MR) is 101 cm³/mol. The van der Waals surface area contributed by atoms with Crippen molar-refractivity contribution in [3.05, 3.63) is 34.7 Å². The summed E-state index contributed by atoms with van der Waals surface area (Å²) >= 11 is 1.64. The van der Waals surface area contributed by atoms with Crippen molar-refractivity contribution in [3.63, 3.8) is 0 Å². The third-order valence-corrected chi connectivity index (χ3v) is 4.41. The Hall–Kier alpha value is -2.23. The van der Waals surface area contributed by atoms with Crippen molar-refractivity contribution in [2.75, 3.05) is 45.7 Å². The summed E-state index contributed by atoms with van der Waals surface area (Å²) in [7, 11) is 3.36. The molecule has 142 valence electrons. The molecule has 9 heteroatoms. The summed E-state index contributed by atoms with van der Waals surface area (Å²) in [6.45, 7) is 2.07. The highest BCUT2D eigenvalue weighted by Gasteiger charge is 2.13. The van der Waals surface area contributed by atoms with Crippen molar-refractivity contribution in [1.82, 2.24) is 20.0 Å². The van der Waals surface area contributed by atoms with Crippen molar-refractivity contribution in [3.8, 4) is 0 Å². The maximum atomic E-state index is 12.2. The van der Waals surface area contributed by atoms with Crippen LogP contribution in [0.25, 0.3) is 0 Å². The zero-order valence-corrected chi connectivity index (χ0v) is 15.9. The second kappa shape index (κ2) is 10.7. The summed E-state index contributed by atoms with van der Waals surface area (Å²) in [5.74, 6) is 0.340. The monoisotopic (exact) mass is 379 g/mol. The summed E-state index contributed by atoms with van der Waals surface area (Å²) in [6.07, 6.45) is 2.42. The standard InChI is InChI=1S/C17H25N5O3S/c1-21(12-16(23)18-7-4-9-25-2)13-17(24)20-15-6-8-19-22(15)11-14-5-3-10-26-14/h3,5-6,8,10H,4,7,9,11-13H2,1-2H3,(H,18,23)(H,20,24). The van der Waals surface area contributed by atoms with Crippen LogP contribution in [0, 0.1) is 0 Å². The molecule has 0 radical (unpaired) electrons. The number of likely N-dealkylation sites (N-methyl/N-ethyl adjacent to an activating group) is 1. The molecule has 0 saturated carbocycles. The van der Waals surface area contributed by atoms with E-state index in [9.17, 15) is 9.59 Å². The van der Waals surface area contributed by atoms with E-state index in [-0.39, 0.29) is 24.9 Å². The molecule has 2 rings (SSSR count). The quantitative estimate of drug-likeness (QED) is 0.569. The number of hydrogen-bond acceptors (Lipinski definition) is 6. The molecule has 2 aromatic heterocycles. The van der Waals surface area contributed by atoms with Crippen LogP contribution >= 0.6 is 11.3 Å². The summed E-state index contributed by atoms with van der Waals surface area (Å²) in [5, 5.41) is 11.9. The second-order valence-corrected chi connectivity index (χ2v) is 6.90. The number of anilines is 1. The van der Waals surface area contributed by atoms with E-state index in [4.69, 9.17) is 4.74 Å². The van der Waals surface area contributed by atoms with Crippen molar-refractivity contribution in [1.29, 1.82) is 0 Å². The Morgan fingerprint density at radius 2 is 2.12 bits per heavy atom. The second-order valence-electron chi connectivity index (χ2n) is 5.87. The molecule has 0 fully saturated rings. The van der Waals surface area contributed by atoms with Crippen LogP contribution in [-0.2, 0) is 20.9 Å². The lowest BCUT2D eigenvalue weighted by atomic mass is 10.4. The molecule has 0 spiro atoms. The Morgan fingerprint density at radius 3 is 2.85 bits per heavy atom. The number of rotatable bonds is 11. The van der Waals surface area contributed by atoms with E-state index in [1.807, 2.05) is 17.5 Å². The van der Waals surface area contributed by atoms with Gasteiger partial charge >= 0.3 is 0 Å². The number of thiophene rings is 1. The average Bonchev–Trinajstić information content (AvgIpc) is 3.24. The van der Waals surface area contributed by atoms with Gasteiger partial charge in [-0.05, 0) is 24.9 Å². The maximum Gasteiger partial charge on any atom is 0.239 e. The highest BCUT2D eigenvalue weighted by atomic mass is 32.1. The fourth-order valence-electron chi connectivity index (χ4n) is 2.34. The molecule has 2 aromatic rings. The van der Waals surface area contributed by atoms with E-state index in [1.165, 1.54) is 0 Å². The van der Waals surface area contributed by atoms with Gasteiger partial charge in [-0.2, -0.15) is 5.10 Å². The molecule has 0 atom stereocenters. The summed E-state index contributed by atoms with van der Waals surface area (Å²) in [5.41, 5.74) is 0. The molecular formula is C17H25N5O3S. The summed E-state index contributed by atoms with van der Waals surface area (Å²) in [6, 6.07) is 5.77. The molecule has 8 nitrogen and oxygen atoms in total. The molecule has 0 aliphatic carbocycles. The van der Waals surface area contributed by atoms with Gasteiger partial charge < -0.3 is 15.4 Å². The first-order chi connectivity index (χ1) is 12.6. The lowest BCUT2D eigenvalue weighted by Crippen LogP contribution is -2.39. The SMILES string of the molecule is COCCCNC(=O)CN(C)CC(=O)Nc1ccnn1Cc1cccs1. The largest absolute Gasteiger partial charge is 0.385 e. The average molecular weight is 379 g/mol. The van der Waals surface area contributed by atoms with Gasteiger partial charge in [0.2, 0.25) is 11.8 Å². The molecule has 0 bridgehead atoms. The van der Waals surface area contributed by atoms with E-state index in [0.29, 0.717) is 25.5 Å². The van der Waals surface area contributed by atoms with Gasteiger partial charge in [0.1, 0.15) is 5.82 Å². The Kier molecular flexibility index (Phi) is 8.26. The van der Waals surface area contributed by atoms with E-state index in [2.05, 4.69) is 15.7 Å². The number of nitrogens with one attached hydrogen (secondary N) is 2. The Labute approximate surface area is 157 Å². The normalized spacial score (nSPS) is 10.9. The molecule has 26 heavy (non-hydrogen) atoms. The molecule has 2 heterocycles. The molecule has 0 aliphatic rings. The zero-order valence-electron chi connectivity index (χ0n) is 15.1. The molecule has 0 aromatic carbocycles. The Morgan fingerprint density at radius 1 is 1.31 bits per heavy atom. The third-order valence-electron chi connectivity index (χ3n) is 3.54. The molecule has 0 unspecified atom stereocenters. The number of methoxy groups -OCH3 is 1. The lowest BCUT2D eigenvalue weighted by Gasteiger charge is -2.16. The third kappa shape index (κ3) is 6.95. The molecular weight excluding hydrogens is 354 g/mol. The minimum absolute atomic E-state index is 0.112. The molecule has 0 aliphatic heterocycles. The van der Waals surface area contributed by atoms with Crippen LogP contribution in [0.2, 0.25) is 0 Å². The van der Waals surface area contributed by atoms with E-state index < -0.39 is 0 Å². The van der Waals surface area contributed by atoms with Crippen LogP contribution in [0.4, 0.5) is 5.82 Å². The summed E-state index contributed by atoms with van der Waals surface area (Å²) < 4.78 is 6.67. The highest BCUT2D eigenvalue weighted by molar-refractivity contribution is 7.09. The van der Waals surface area contributed by atoms with E-state index >= 15 is 0 Å². The molecule has 0 saturated heterocycles. The number of aromatic nitrogens is 2. The zero-order chi connectivity index (χ0) is 18.8. The van der Waals surface area contributed by atoms with Crippen LogP contribution < -0.4 is 10.6 Å². The van der Waals surface area contributed by atoms with Gasteiger partial charge in [-0.25, -0.2) is 4.68 Å². The first kappa shape index (κ1) is 20.1. The first-order valence-electron chi connectivity index (χ1n) is 8.36. The van der Waals surface area contributed by atoms with Crippen molar-refractivity contribution >= 4 is 29.0 Å². The molecule has 2 amide bonds. The van der Waals surface area contributed by atoms with E-state index in [0.717, 1.165) is 11.3 Å². The topological polar surface area (TPSA) is 88.5 Å². The van der Waals surface area contributed by atoms with Gasteiger partial charge in [-0.15, -0.1) is 11.3 Å². The highest BCUT2D eigenvalue weighted by Crippen LogP contribution is 2.14. The maximum absolute atomic E-state index is 12.2. The Bertz CT molecular complexity index is 686. The molecule has 2 N–H and O–H groups in total. The fourth-order valence-corrected chi connectivity index (χ4v) is 3.03. The van der Waals surface area contributed by atoms with Gasteiger partial charge in [-0.3, -0.25) is 14.5 Å². The first-order valence-corrected chi connectivity index (χ1v) is 9.24. The smallest absolute Gasteiger partial charge is 0.239 e. The number of amides is 2. The number of carbonyl (C=O) groups is 2. The van der Waals surface area contributed by atoms with Crippen LogP contribution in [0.5, 0.6) is 0 Å². The Balaban J connectivity index is 1.74. The number of ether oxygens (including phenoxy) is 1. The van der Waals surface area contributed by atoms with Gasteiger partial charge in [-0.1, -0.05) is 6.07 Å². The predicted octanol–water partition coefficient (Wildman–Crippen LogP) is 1.02. The van der Waals surface area contributed by atoms with Crippen molar-refractivity contribution < 1.29 is 14.3 Å². The number of carbonyl (C=O) groups excluding carboxylic acids is 2. The minimum atomic E-state index is -0.187. The van der Waals surface area contributed by atoms with Crippen molar-refractivity contribution in [2.24, 2.45) is 0 Å². The van der Waals surface area contributed by atoms with Gasteiger partial charge in [0, 0.05) is 31.2 Å². The van der Waals surface area contributed by atoms with Gasteiger partial charge in [0.25, 0.3) is 0 Å².